The maximum absolute atomic E-state index is 12.1. The third kappa shape index (κ3) is 4.22. The van der Waals surface area contributed by atoms with Crippen LogP contribution in [0.3, 0.4) is 0 Å². The van der Waals surface area contributed by atoms with E-state index in [1.54, 1.807) is 6.07 Å². The van der Waals surface area contributed by atoms with Crippen LogP contribution >= 0.6 is 19.8 Å². The average Bonchev–Trinajstić information content (AvgIpc) is 2.15. The predicted octanol–water partition coefficient (Wildman–Crippen LogP) is 2.40. The molecule has 0 atom stereocenters. The molecule has 80 valence electrons. The molecule has 0 amide bonds. The molecule has 0 fully saturated rings. The number of pyridine rings is 1. The molecule has 1 rings (SSSR count). The summed E-state index contributed by atoms with van der Waals surface area (Å²) in [4.78, 5) is 10.9. The second-order valence-corrected chi connectivity index (χ2v) is 2.69. The summed E-state index contributed by atoms with van der Waals surface area (Å²) in [6, 6.07) is 2.63. The summed E-state index contributed by atoms with van der Waals surface area (Å²) in [6.45, 7) is 1.44. The topological polar surface area (TPSA) is 22.0 Å². The molecule has 1 heterocycles. The fraction of sp³-hybridized carbons (Fsp3) is 0.375. The fourth-order valence-electron chi connectivity index (χ4n) is 0.854. The van der Waals surface area contributed by atoms with Gasteiger partial charge in [-0.1, -0.05) is 5.69 Å². The predicted molar refractivity (Wildman–Crippen MR) is 54.3 cm³/mol. The summed E-state index contributed by atoms with van der Waals surface area (Å²) in [7, 11) is 1.40. The first kappa shape index (κ1) is 15.1. The van der Waals surface area contributed by atoms with E-state index in [0.29, 0.717) is 0 Å². The van der Waals surface area contributed by atoms with Crippen LogP contribution in [0.5, 0.6) is 0 Å². The summed E-state index contributed by atoms with van der Waals surface area (Å²) in [5.41, 5.74) is -1.53. The summed E-state index contributed by atoms with van der Waals surface area (Å²) in [5.74, 6) is 0. The van der Waals surface area contributed by atoms with Crippen LogP contribution in [-0.2, 0) is 28.0 Å². The van der Waals surface area contributed by atoms with Crippen molar-refractivity contribution in [1.29, 1.82) is 0 Å². The number of halogens is 4. The fourth-order valence-corrected chi connectivity index (χ4v) is 0.854. The van der Waals surface area contributed by atoms with E-state index >= 15 is 0 Å². The van der Waals surface area contributed by atoms with Gasteiger partial charge in [0.1, 0.15) is 0 Å². The quantitative estimate of drug-likeness (QED) is 0.384. The standard InChI is InChI=1S/C8H7F3NO.HI.Zn/c1-5-3-6(8(9,10)11)4-7(13)12(5)2;;/h3H,1-2H3;1H;/q-1;;+2/p-1. The molecule has 0 aliphatic heterocycles. The van der Waals surface area contributed by atoms with Crippen LogP contribution in [0.1, 0.15) is 11.3 Å². The number of aryl methyl sites for hydroxylation is 1. The maximum atomic E-state index is 12.1. The van der Waals surface area contributed by atoms with Crippen molar-refractivity contribution in [3.63, 3.8) is 0 Å². The Morgan fingerprint density at radius 3 is 2.27 bits per heavy atom. The zero-order valence-corrected chi connectivity index (χ0v) is 13.3. The zero-order chi connectivity index (χ0) is 12.2. The van der Waals surface area contributed by atoms with Crippen molar-refractivity contribution in [3.05, 3.63) is 33.7 Å². The van der Waals surface area contributed by atoms with Gasteiger partial charge in [0.15, 0.2) is 5.56 Å². The molecule has 7 heteroatoms. The minimum absolute atomic E-state index is 0.260. The van der Waals surface area contributed by atoms with Crippen LogP contribution < -0.4 is 5.56 Å². The number of hydrogen-bond donors (Lipinski definition) is 0. The molecule has 0 radical (unpaired) electrons. The molecule has 2 nitrogen and oxygen atoms in total. The molecule has 1 aromatic rings. The molecule has 0 spiro atoms. The van der Waals surface area contributed by atoms with Crippen molar-refractivity contribution in [2.45, 2.75) is 13.1 Å². The molecule has 15 heavy (non-hydrogen) atoms. The summed E-state index contributed by atoms with van der Waals surface area (Å²) < 4.78 is 37.4. The van der Waals surface area contributed by atoms with Crippen LogP contribution in [0.25, 0.3) is 0 Å². The third-order valence-electron chi connectivity index (χ3n) is 1.73. The van der Waals surface area contributed by atoms with Crippen molar-refractivity contribution in [2.75, 3.05) is 0 Å². The minimum atomic E-state index is -4.50. The zero-order valence-electron chi connectivity index (χ0n) is 8.15. The van der Waals surface area contributed by atoms with Gasteiger partial charge in [-0.3, -0.25) is 4.79 Å². The number of alkyl halides is 3. The van der Waals surface area contributed by atoms with Gasteiger partial charge in [0, 0.05) is 7.05 Å². The normalized spacial score (nSPS) is 10.7. The molecular formula is C8H7F3INOZn. The number of rotatable bonds is 0. The Morgan fingerprint density at radius 2 is 1.93 bits per heavy atom. The van der Waals surface area contributed by atoms with Crippen LogP contribution in [0, 0.1) is 13.0 Å². The Morgan fingerprint density at radius 1 is 1.47 bits per heavy atom. The molecule has 0 aliphatic rings. The van der Waals surface area contributed by atoms with Crippen molar-refractivity contribution < 1.29 is 28.0 Å². The second kappa shape index (κ2) is 5.98. The summed E-state index contributed by atoms with van der Waals surface area (Å²) >= 11 is 3.62. The van der Waals surface area contributed by atoms with Gasteiger partial charge >= 0.3 is 40.7 Å². The van der Waals surface area contributed by atoms with E-state index in [-0.39, 0.29) is 5.69 Å². The van der Waals surface area contributed by atoms with Gasteiger partial charge in [0.2, 0.25) is 0 Å². The van der Waals surface area contributed by atoms with E-state index in [1.165, 1.54) is 28.8 Å². The molecule has 0 saturated carbocycles. The van der Waals surface area contributed by atoms with Gasteiger partial charge in [0.05, 0.1) is 0 Å². The first-order valence-corrected chi connectivity index (χ1v) is 12.8. The van der Waals surface area contributed by atoms with Crippen LogP contribution in [0.15, 0.2) is 10.9 Å². The van der Waals surface area contributed by atoms with Gasteiger partial charge in [-0.05, 0) is 6.92 Å². The SMILES string of the molecule is Cc1cc(C(F)(F)F)[c-]c(=O)n1C.[Zn+][I]. The number of nitrogens with zero attached hydrogens (tertiary/aromatic N) is 1. The molecular weight excluding hydrogens is 375 g/mol. The van der Waals surface area contributed by atoms with Crippen molar-refractivity contribution >= 4 is 19.8 Å². The molecule has 0 unspecified atom stereocenters. The Kier molecular flexibility index (Phi) is 6.02. The van der Waals surface area contributed by atoms with Gasteiger partial charge in [0.25, 0.3) is 0 Å². The monoisotopic (exact) mass is 381 g/mol. The van der Waals surface area contributed by atoms with Crippen molar-refractivity contribution in [1.82, 2.24) is 4.57 Å². The summed E-state index contributed by atoms with van der Waals surface area (Å²) in [6.07, 6.45) is -4.50. The molecule has 0 aliphatic carbocycles. The molecule has 0 saturated heterocycles. The average molecular weight is 382 g/mol. The van der Waals surface area contributed by atoms with E-state index < -0.39 is 17.3 Å². The van der Waals surface area contributed by atoms with E-state index in [9.17, 15) is 18.0 Å². The van der Waals surface area contributed by atoms with E-state index in [1.807, 2.05) is 0 Å². The number of hydrogen-bond acceptors (Lipinski definition) is 1. The Balaban J connectivity index is 0.000000921. The Bertz CT molecular complexity index is 388. The van der Waals surface area contributed by atoms with E-state index in [2.05, 4.69) is 19.8 Å². The van der Waals surface area contributed by atoms with Crippen LogP contribution in [0.4, 0.5) is 13.2 Å². The van der Waals surface area contributed by atoms with Crippen LogP contribution in [-0.4, -0.2) is 4.57 Å². The van der Waals surface area contributed by atoms with Gasteiger partial charge in [-0.2, -0.15) is 25.3 Å². The van der Waals surface area contributed by atoms with Crippen molar-refractivity contribution in [3.8, 4) is 0 Å². The molecule has 0 N–H and O–H groups in total. The summed E-state index contributed by atoms with van der Waals surface area (Å²) in [5, 5.41) is 0. The number of aromatic nitrogens is 1. The van der Waals surface area contributed by atoms with E-state index in [4.69, 9.17) is 0 Å². The molecule has 0 bridgehead atoms. The van der Waals surface area contributed by atoms with Gasteiger partial charge < -0.3 is 4.57 Å². The van der Waals surface area contributed by atoms with Crippen molar-refractivity contribution in [2.24, 2.45) is 7.05 Å². The molecule has 1 aromatic heterocycles. The van der Waals surface area contributed by atoms with Gasteiger partial charge in [-0.15, -0.1) is 5.56 Å². The Labute approximate surface area is 106 Å². The second-order valence-electron chi connectivity index (χ2n) is 2.69. The first-order valence-electron chi connectivity index (χ1n) is 3.76. The molecule has 0 aromatic carbocycles. The third-order valence-corrected chi connectivity index (χ3v) is 1.73. The first-order chi connectivity index (χ1) is 6.82. The van der Waals surface area contributed by atoms with Crippen LogP contribution in [0.2, 0.25) is 0 Å². The Hall–Kier alpha value is 0.0934. The van der Waals surface area contributed by atoms with Gasteiger partial charge in [-0.25, -0.2) is 0 Å². The van der Waals surface area contributed by atoms with E-state index in [0.717, 1.165) is 10.6 Å².